The molecule has 0 aromatic heterocycles. The van der Waals surface area contributed by atoms with Crippen LogP contribution in [0.5, 0.6) is 0 Å². The molecule has 0 spiro atoms. The van der Waals surface area contributed by atoms with E-state index in [4.69, 9.17) is 4.74 Å². The van der Waals surface area contributed by atoms with Crippen LogP contribution in [-0.2, 0) is 4.74 Å². The minimum absolute atomic E-state index is 0.0714. The van der Waals surface area contributed by atoms with Gasteiger partial charge in [0, 0.05) is 5.41 Å². The van der Waals surface area contributed by atoms with Crippen molar-refractivity contribution in [2.75, 3.05) is 0 Å². The van der Waals surface area contributed by atoms with Crippen molar-refractivity contribution in [2.45, 2.75) is 53.2 Å². The van der Waals surface area contributed by atoms with E-state index in [2.05, 4.69) is 41.5 Å². The summed E-state index contributed by atoms with van der Waals surface area (Å²) in [6.45, 7) is 13.4. The Balaban J connectivity index is 2.69. The highest BCUT2D eigenvalue weighted by Gasteiger charge is 2.56. The third kappa shape index (κ3) is 1.10. The van der Waals surface area contributed by atoms with E-state index in [1.807, 2.05) is 0 Å². The first-order valence-corrected chi connectivity index (χ1v) is 4.47. The van der Waals surface area contributed by atoms with Gasteiger partial charge in [-0.1, -0.05) is 27.7 Å². The van der Waals surface area contributed by atoms with E-state index in [1.54, 1.807) is 0 Å². The number of hydrogen-bond donors (Lipinski definition) is 0. The Morgan fingerprint density at radius 2 is 1.55 bits per heavy atom. The fourth-order valence-corrected chi connectivity index (χ4v) is 1.87. The molecule has 1 aliphatic rings. The molecule has 66 valence electrons. The summed E-state index contributed by atoms with van der Waals surface area (Å²) in [4.78, 5) is 0. The maximum Gasteiger partial charge on any atom is 0.0706 e. The summed E-state index contributed by atoms with van der Waals surface area (Å²) < 4.78 is 5.80. The van der Waals surface area contributed by atoms with Gasteiger partial charge in [0.15, 0.2) is 0 Å². The Morgan fingerprint density at radius 3 is 1.64 bits per heavy atom. The zero-order valence-corrected chi connectivity index (χ0v) is 8.56. The Hall–Kier alpha value is -0.0400. The monoisotopic (exact) mass is 156 g/mol. The average molecular weight is 156 g/mol. The molecule has 1 nitrogen and oxygen atoms in total. The van der Waals surface area contributed by atoms with E-state index < -0.39 is 0 Å². The Bertz CT molecular complexity index is 156. The summed E-state index contributed by atoms with van der Waals surface area (Å²) in [6.07, 6.45) is 0.442. The van der Waals surface area contributed by atoms with E-state index in [1.165, 1.54) is 0 Å². The van der Waals surface area contributed by atoms with Crippen LogP contribution in [0, 0.1) is 11.3 Å². The van der Waals surface area contributed by atoms with E-state index in [0.717, 1.165) is 0 Å². The molecule has 1 saturated heterocycles. The standard InChI is InChI=1S/C10H20O/c1-7(2)8-9(3,4)10(5,6)11-8/h7-8H,1-6H3. The third-order valence-corrected chi connectivity index (χ3v) is 3.29. The van der Waals surface area contributed by atoms with Crippen LogP contribution < -0.4 is 0 Å². The molecular formula is C10H20O. The van der Waals surface area contributed by atoms with Crippen molar-refractivity contribution in [2.24, 2.45) is 11.3 Å². The summed E-state index contributed by atoms with van der Waals surface area (Å²) in [5.74, 6) is 0.637. The summed E-state index contributed by atoms with van der Waals surface area (Å²) in [7, 11) is 0. The largest absolute Gasteiger partial charge is 0.371 e. The predicted octanol–water partition coefficient (Wildman–Crippen LogP) is 2.85. The van der Waals surface area contributed by atoms with E-state index in [9.17, 15) is 0 Å². The molecule has 0 bridgehead atoms. The van der Waals surface area contributed by atoms with Gasteiger partial charge in [-0.3, -0.25) is 0 Å². The number of rotatable bonds is 1. The molecule has 0 aliphatic carbocycles. The summed E-state index contributed by atoms with van der Waals surface area (Å²) >= 11 is 0. The third-order valence-electron chi connectivity index (χ3n) is 3.29. The van der Waals surface area contributed by atoms with Gasteiger partial charge >= 0.3 is 0 Å². The maximum atomic E-state index is 5.80. The molecule has 0 radical (unpaired) electrons. The normalized spacial score (nSPS) is 33.5. The zero-order chi connectivity index (χ0) is 8.86. The lowest BCUT2D eigenvalue weighted by Crippen LogP contribution is -2.64. The van der Waals surface area contributed by atoms with Gasteiger partial charge in [-0.15, -0.1) is 0 Å². The minimum Gasteiger partial charge on any atom is -0.371 e. The molecule has 1 heteroatoms. The van der Waals surface area contributed by atoms with Crippen molar-refractivity contribution in [1.29, 1.82) is 0 Å². The van der Waals surface area contributed by atoms with Crippen molar-refractivity contribution in [3.05, 3.63) is 0 Å². The molecule has 0 aromatic carbocycles. The lowest BCUT2D eigenvalue weighted by molar-refractivity contribution is -0.303. The van der Waals surface area contributed by atoms with Gasteiger partial charge in [0.1, 0.15) is 0 Å². The summed E-state index contributed by atoms with van der Waals surface area (Å²) in [5.41, 5.74) is 0.406. The minimum atomic E-state index is 0.0714. The highest BCUT2D eigenvalue weighted by molar-refractivity contribution is 5.03. The first kappa shape index (κ1) is 9.05. The van der Waals surface area contributed by atoms with Gasteiger partial charge in [0.2, 0.25) is 0 Å². The summed E-state index contributed by atoms with van der Waals surface area (Å²) in [5, 5.41) is 0. The van der Waals surface area contributed by atoms with E-state index >= 15 is 0 Å². The van der Waals surface area contributed by atoms with Crippen molar-refractivity contribution in [1.82, 2.24) is 0 Å². The van der Waals surface area contributed by atoms with Crippen LogP contribution in [-0.4, -0.2) is 11.7 Å². The van der Waals surface area contributed by atoms with Gasteiger partial charge in [0.25, 0.3) is 0 Å². The average Bonchev–Trinajstić information content (AvgIpc) is 1.82. The second kappa shape index (κ2) is 2.22. The molecule has 0 saturated carbocycles. The molecule has 0 amide bonds. The molecule has 1 heterocycles. The molecule has 1 atom stereocenters. The van der Waals surface area contributed by atoms with Crippen LogP contribution in [0.15, 0.2) is 0 Å². The van der Waals surface area contributed by atoms with Crippen LogP contribution in [0.3, 0.4) is 0 Å². The second-order valence-corrected chi connectivity index (χ2v) is 5.01. The number of hydrogen-bond acceptors (Lipinski definition) is 1. The van der Waals surface area contributed by atoms with Gasteiger partial charge < -0.3 is 4.74 Å². The molecule has 11 heavy (non-hydrogen) atoms. The fourth-order valence-electron chi connectivity index (χ4n) is 1.87. The van der Waals surface area contributed by atoms with Gasteiger partial charge in [-0.05, 0) is 19.8 Å². The first-order chi connectivity index (χ1) is 4.79. The SMILES string of the molecule is CC(C)C1OC(C)(C)C1(C)C. The zero-order valence-electron chi connectivity index (χ0n) is 8.56. The lowest BCUT2D eigenvalue weighted by atomic mass is 9.64. The Morgan fingerprint density at radius 1 is 1.09 bits per heavy atom. The number of ether oxygens (including phenoxy) is 1. The van der Waals surface area contributed by atoms with Crippen LogP contribution in [0.2, 0.25) is 0 Å². The van der Waals surface area contributed by atoms with Crippen molar-refractivity contribution >= 4 is 0 Å². The van der Waals surface area contributed by atoms with Crippen LogP contribution in [0.4, 0.5) is 0 Å². The molecule has 0 N–H and O–H groups in total. The highest BCUT2D eigenvalue weighted by atomic mass is 16.5. The Labute approximate surface area is 70.1 Å². The second-order valence-electron chi connectivity index (χ2n) is 5.01. The van der Waals surface area contributed by atoms with Crippen LogP contribution >= 0.6 is 0 Å². The quantitative estimate of drug-likeness (QED) is 0.567. The van der Waals surface area contributed by atoms with Crippen molar-refractivity contribution in [3.8, 4) is 0 Å². The van der Waals surface area contributed by atoms with Crippen molar-refractivity contribution in [3.63, 3.8) is 0 Å². The molecule has 0 aromatic rings. The molecule has 1 unspecified atom stereocenters. The smallest absolute Gasteiger partial charge is 0.0706 e. The van der Waals surface area contributed by atoms with Crippen LogP contribution in [0.1, 0.15) is 41.5 Å². The van der Waals surface area contributed by atoms with Gasteiger partial charge in [0.05, 0.1) is 11.7 Å². The van der Waals surface area contributed by atoms with Gasteiger partial charge in [-0.25, -0.2) is 0 Å². The highest BCUT2D eigenvalue weighted by Crippen LogP contribution is 2.51. The molecular weight excluding hydrogens is 136 g/mol. The first-order valence-electron chi connectivity index (χ1n) is 4.47. The van der Waals surface area contributed by atoms with Crippen molar-refractivity contribution < 1.29 is 4.74 Å². The van der Waals surface area contributed by atoms with Crippen LogP contribution in [0.25, 0.3) is 0 Å². The topological polar surface area (TPSA) is 9.23 Å². The van der Waals surface area contributed by atoms with Gasteiger partial charge in [-0.2, -0.15) is 0 Å². The van der Waals surface area contributed by atoms with E-state index in [0.29, 0.717) is 17.4 Å². The van der Waals surface area contributed by atoms with E-state index in [-0.39, 0.29) is 5.60 Å². The lowest BCUT2D eigenvalue weighted by Gasteiger charge is -2.60. The fraction of sp³-hybridized carbons (Fsp3) is 1.00. The maximum absolute atomic E-state index is 5.80. The molecule has 1 rings (SSSR count). The molecule has 1 fully saturated rings. The summed E-state index contributed by atoms with van der Waals surface area (Å²) in [6, 6.07) is 0. The predicted molar refractivity (Wildman–Crippen MR) is 47.6 cm³/mol. The Kier molecular flexibility index (Phi) is 1.83. The molecule has 1 aliphatic heterocycles.